The molecule has 0 atom stereocenters. The number of hydrogen-bond acceptors (Lipinski definition) is 4. The third kappa shape index (κ3) is 4.56. The average Bonchev–Trinajstić information content (AvgIpc) is 2.86. The number of amides is 2. The molecule has 6 nitrogen and oxygen atoms in total. The highest BCUT2D eigenvalue weighted by Crippen LogP contribution is 2.33. The Labute approximate surface area is 197 Å². The summed E-state index contributed by atoms with van der Waals surface area (Å²) in [5, 5.41) is 3.45. The molecule has 0 aromatic heterocycles. The normalized spacial score (nSPS) is 16.8. The summed E-state index contributed by atoms with van der Waals surface area (Å²) in [6.45, 7) is 2.84. The minimum atomic E-state index is -0.362. The predicted octanol–water partition coefficient (Wildman–Crippen LogP) is 4.67. The van der Waals surface area contributed by atoms with E-state index in [2.05, 4.69) is 22.3 Å². The molecule has 0 aliphatic carbocycles. The molecule has 1 fully saturated rings. The number of nitrogens with zero attached hydrogens (tertiary/aromatic N) is 2. The molecule has 7 heteroatoms. The highest BCUT2D eigenvalue weighted by Gasteiger charge is 2.26. The van der Waals surface area contributed by atoms with Crippen LogP contribution in [0, 0.1) is 0 Å². The summed E-state index contributed by atoms with van der Waals surface area (Å²) in [6, 6.07) is 22.5. The monoisotopic (exact) mass is 459 g/mol. The number of fused-ring (bicyclic) bond motifs is 1. The summed E-state index contributed by atoms with van der Waals surface area (Å²) < 4.78 is 5.81. The number of hydrogen-bond donors (Lipinski definition) is 1. The van der Waals surface area contributed by atoms with E-state index in [1.807, 2.05) is 23.1 Å². The number of para-hydroxylation sites is 1. The van der Waals surface area contributed by atoms with Gasteiger partial charge in [0.2, 0.25) is 0 Å². The van der Waals surface area contributed by atoms with Crippen LogP contribution in [0.2, 0.25) is 5.02 Å². The maximum atomic E-state index is 13.1. The fraction of sp³-hybridized carbons (Fsp3) is 0.154. The van der Waals surface area contributed by atoms with Crippen LogP contribution in [-0.4, -0.2) is 42.9 Å². The molecule has 0 radical (unpaired) electrons. The fourth-order valence-corrected chi connectivity index (χ4v) is 4.12. The molecule has 0 saturated carbocycles. The Morgan fingerprint density at radius 1 is 0.939 bits per heavy atom. The Morgan fingerprint density at radius 2 is 1.67 bits per heavy atom. The van der Waals surface area contributed by atoms with Crippen molar-refractivity contribution in [3.8, 4) is 5.75 Å². The Kier molecular flexibility index (Phi) is 5.75. The molecule has 1 saturated heterocycles. The molecule has 2 aliphatic heterocycles. The van der Waals surface area contributed by atoms with E-state index in [1.54, 1.807) is 48.5 Å². The lowest BCUT2D eigenvalue weighted by Gasteiger charge is -2.36. The second-order valence-corrected chi connectivity index (χ2v) is 8.38. The SMILES string of the molecule is O=C1Nc2cc(C(=O)N3CCN(c4ccccc4)CC3)ccc2O/C1=C\c1ccc(Cl)cc1. The van der Waals surface area contributed by atoms with Gasteiger partial charge in [0.1, 0.15) is 0 Å². The van der Waals surface area contributed by atoms with Gasteiger partial charge in [-0.2, -0.15) is 0 Å². The minimum Gasteiger partial charge on any atom is -0.449 e. The highest BCUT2D eigenvalue weighted by molar-refractivity contribution is 6.30. The third-order valence-electron chi connectivity index (χ3n) is 5.77. The molecular weight excluding hydrogens is 438 g/mol. The van der Waals surface area contributed by atoms with Crippen molar-refractivity contribution in [1.82, 2.24) is 4.90 Å². The Morgan fingerprint density at radius 3 is 2.39 bits per heavy atom. The number of benzene rings is 3. The summed E-state index contributed by atoms with van der Waals surface area (Å²) >= 11 is 5.92. The van der Waals surface area contributed by atoms with E-state index in [0.29, 0.717) is 35.1 Å². The van der Waals surface area contributed by atoms with Gasteiger partial charge in [0.15, 0.2) is 11.5 Å². The van der Waals surface area contributed by atoms with Crippen LogP contribution in [0.25, 0.3) is 6.08 Å². The van der Waals surface area contributed by atoms with E-state index in [9.17, 15) is 9.59 Å². The van der Waals surface area contributed by atoms with Crippen molar-refractivity contribution in [1.29, 1.82) is 0 Å². The van der Waals surface area contributed by atoms with Gasteiger partial charge >= 0.3 is 0 Å². The number of anilines is 2. The summed E-state index contributed by atoms with van der Waals surface area (Å²) in [6.07, 6.45) is 1.65. The van der Waals surface area contributed by atoms with Gasteiger partial charge in [0, 0.05) is 42.5 Å². The molecule has 0 unspecified atom stereocenters. The van der Waals surface area contributed by atoms with Crippen LogP contribution in [0.5, 0.6) is 5.75 Å². The van der Waals surface area contributed by atoms with Crippen LogP contribution in [0.15, 0.2) is 78.6 Å². The maximum absolute atomic E-state index is 13.1. The Balaban J connectivity index is 1.27. The standard InChI is InChI=1S/C26H22ClN3O3/c27-20-9-6-18(7-10-20)16-24-25(31)28-22-17-19(8-11-23(22)33-24)26(32)30-14-12-29(13-15-30)21-4-2-1-3-5-21/h1-11,16-17H,12-15H2,(H,28,31)/b24-16-. The van der Waals surface area contributed by atoms with Crippen LogP contribution in [0.4, 0.5) is 11.4 Å². The van der Waals surface area contributed by atoms with Gasteiger partial charge in [0.25, 0.3) is 11.8 Å². The first-order valence-electron chi connectivity index (χ1n) is 10.8. The summed E-state index contributed by atoms with van der Waals surface area (Å²) in [5.74, 6) is 0.266. The van der Waals surface area contributed by atoms with Crippen LogP contribution in [0.3, 0.4) is 0 Å². The van der Waals surface area contributed by atoms with E-state index in [4.69, 9.17) is 16.3 Å². The number of nitrogens with one attached hydrogen (secondary N) is 1. The molecule has 2 amide bonds. The van der Waals surface area contributed by atoms with Gasteiger partial charge in [-0.05, 0) is 54.1 Å². The van der Waals surface area contributed by atoms with Gasteiger partial charge in [0.05, 0.1) is 5.69 Å². The molecule has 0 bridgehead atoms. The molecule has 33 heavy (non-hydrogen) atoms. The maximum Gasteiger partial charge on any atom is 0.291 e. The van der Waals surface area contributed by atoms with Gasteiger partial charge in [-0.25, -0.2) is 0 Å². The van der Waals surface area contributed by atoms with Crippen molar-refractivity contribution >= 4 is 40.9 Å². The first-order valence-corrected chi connectivity index (χ1v) is 11.1. The summed E-state index contributed by atoms with van der Waals surface area (Å²) in [5.41, 5.74) is 2.98. The average molecular weight is 460 g/mol. The van der Waals surface area contributed by atoms with E-state index in [-0.39, 0.29) is 17.6 Å². The number of ether oxygens (including phenoxy) is 1. The quantitative estimate of drug-likeness (QED) is 0.578. The van der Waals surface area contributed by atoms with Crippen LogP contribution >= 0.6 is 11.6 Å². The second-order valence-electron chi connectivity index (χ2n) is 7.94. The Bertz CT molecular complexity index is 1220. The van der Waals surface area contributed by atoms with Gasteiger partial charge < -0.3 is 19.9 Å². The molecule has 5 rings (SSSR count). The topological polar surface area (TPSA) is 61.9 Å². The molecule has 3 aromatic rings. The highest BCUT2D eigenvalue weighted by atomic mass is 35.5. The van der Waals surface area contributed by atoms with Crippen molar-refractivity contribution in [2.45, 2.75) is 0 Å². The predicted molar refractivity (Wildman–Crippen MR) is 130 cm³/mol. The third-order valence-corrected chi connectivity index (χ3v) is 6.03. The van der Waals surface area contributed by atoms with Crippen molar-refractivity contribution in [3.05, 3.63) is 94.7 Å². The van der Waals surface area contributed by atoms with Crippen LogP contribution < -0.4 is 15.0 Å². The molecule has 1 N–H and O–H groups in total. The first-order chi connectivity index (χ1) is 16.1. The second kappa shape index (κ2) is 9.00. The molecule has 3 aromatic carbocycles. The zero-order chi connectivity index (χ0) is 22.8. The lowest BCUT2D eigenvalue weighted by molar-refractivity contribution is -0.115. The number of carbonyl (C=O) groups excluding carboxylic acids is 2. The Hall–Kier alpha value is -3.77. The van der Waals surface area contributed by atoms with E-state index >= 15 is 0 Å². The van der Waals surface area contributed by atoms with Crippen LogP contribution in [-0.2, 0) is 4.79 Å². The number of halogens is 1. The lowest BCUT2D eigenvalue weighted by atomic mass is 10.1. The molecule has 166 valence electrons. The molecule has 2 aliphatic rings. The number of rotatable bonds is 3. The zero-order valence-corrected chi connectivity index (χ0v) is 18.6. The molecular formula is C26H22ClN3O3. The van der Waals surface area contributed by atoms with Crippen LogP contribution in [0.1, 0.15) is 15.9 Å². The number of carbonyl (C=O) groups is 2. The fourth-order valence-electron chi connectivity index (χ4n) is 3.99. The zero-order valence-electron chi connectivity index (χ0n) is 17.8. The van der Waals surface area contributed by atoms with Crippen molar-refractivity contribution in [3.63, 3.8) is 0 Å². The van der Waals surface area contributed by atoms with Gasteiger partial charge in [-0.15, -0.1) is 0 Å². The smallest absolute Gasteiger partial charge is 0.291 e. The summed E-state index contributed by atoms with van der Waals surface area (Å²) in [4.78, 5) is 29.7. The minimum absolute atomic E-state index is 0.0535. The largest absolute Gasteiger partial charge is 0.449 e. The van der Waals surface area contributed by atoms with E-state index < -0.39 is 0 Å². The number of piperazine rings is 1. The first kappa shape index (κ1) is 21.1. The lowest BCUT2D eigenvalue weighted by Crippen LogP contribution is -2.48. The van der Waals surface area contributed by atoms with E-state index in [0.717, 1.165) is 18.7 Å². The van der Waals surface area contributed by atoms with Gasteiger partial charge in [-0.3, -0.25) is 9.59 Å². The van der Waals surface area contributed by atoms with Crippen molar-refractivity contribution in [2.75, 3.05) is 36.4 Å². The molecule has 0 spiro atoms. The van der Waals surface area contributed by atoms with Crippen molar-refractivity contribution < 1.29 is 14.3 Å². The molecule has 2 heterocycles. The van der Waals surface area contributed by atoms with Gasteiger partial charge in [-0.1, -0.05) is 41.9 Å². The van der Waals surface area contributed by atoms with E-state index in [1.165, 1.54) is 5.69 Å². The van der Waals surface area contributed by atoms with Crippen molar-refractivity contribution in [2.24, 2.45) is 0 Å². The summed E-state index contributed by atoms with van der Waals surface area (Å²) in [7, 11) is 0.